The van der Waals surface area contributed by atoms with E-state index in [9.17, 15) is 18.0 Å². The average molecular weight is 315 g/mol. The van der Waals surface area contributed by atoms with E-state index in [0.717, 1.165) is 6.07 Å². The number of methoxy groups -OCH3 is 1. The van der Waals surface area contributed by atoms with Crippen molar-refractivity contribution in [3.63, 3.8) is 0 Å². The van der Waals surface area contributed by atoms with Gasteiger partial charge in [-0.1, -0.05) is 6.07 Å². The third kappa shape index (κ3) is 3.79. The molecule has 0 atom stereocenters. The Morgan fingerprint density at radius 1 is 1.29 bits per heavy atom. The van der Waals surface area contributed by atoms with E-state index in [0.29, 0.717) is 5.56 Å². The number of carboxylic acids is 1. The summed E-state index contributed by atoms with van der Waals surface area (Å²) in [5.41, 5.74) is -1.22. The van der Waals surface area contributed by atoms with Gasteiger partial charge in [0, 0.05) is 0 Å². The van der Waals surface area contributed by atoms with E-state index in [4.69, 9.17) is 5.11 Å². The van der Waals surface area contributed by atoms with Gasteiger partial charge in [-0.25, -0.2) is 13.2 Å². The molecule has 0 heterocycles. The minimum absolute atomic E-state index is 0.0663. The Bertz CT molecular complexity index is 678. The average Bonchev–Trinajstić information content (AvgIpc) is 2.36. The lowest BCUT2D eigenvalue weighted by atomic mass is 10.1. The van der Waals surface area contributed by atoms with Gasteiger partial charge < -0.3 is 9.84 Å². The lowest BCUT2D eigenvalue weighted by Gasteiger charge is -2.21. The molecule has 2 N–H and O–H groups in total. The molecule has 0 bridgehead atoms. The molecule has 21 heavy (non-hydrogen) atoms. The Kier molecular flexibility index (Phi) is 4.75. The molecule has 1 rings (SSSR count). The van der Waals surface area contributed by atoms with Crippen molar-refractivity contribution < 1.29 is 27.9 Å². The number of rotatable bonds is 5. The molecule has 0 aliphatic rings. The van der Waals surface area contributed by atoms with Gasteiger partial charge in [-0.3, -0.25) is 4.79 Å². The molecular weight excluding hydrogens is 298 g/mol. The van der Waals surface area contributed by atoms with Crippen molar-refractivity contribution in [1.82, 2.24) is 4.72 Å². The summed E-state index contributed by atoms with van der Waals surface area (Å²) < 4.78 is 31.2. The first kappa shape index (κ1) is 17.1. The minimum atomic E-state index is -4.10. The van der Waals surface area contributed by atoms with Crippen LogP contribution in [0.2, 0.25) is 0 Å². The fourth-order valence-electron chi connectivity index (χ4n) is 1.57. The summed E-state index contributed by atoms with van der Waals surface area (Å²) in [7, 11) is -2.91. The molecule has 0 unspecified atom stereocenters. The highest BCUT2D eigenvalue weighted by molar-refractivity contribution is 7.89. The van der Waals surface area contributed by atoms with Gasteiger partial charge in [-0.05, 0) is 38.5 Å². The highest BCUT2D eigenvalue weighted by atomic mass is 32.2. The standard InChI is InChI=1S/C13H17NO6S/c1-8-5-6-9(11(15)20-4)7-10(8)21(18,19)14-13(2,3)12(16)17/h5-7,14H,1-4H3,(H,16,17). The van der Waals surface area contributed by atoms with Crippen molar-refractivity contribution >= 4 is 22.0 Å². The van der Waals surface area contributed by atoms with Crippen LogP contribution in [0, 0.1) is 6.92 Å². The second kappa shape index (κ2) is 5.82. The molecule has 0 saturated carbocycles. The molecule has 1 aromatic rings. The molecule has 0 aliphatic heterocycles. The third-order valence-corrected chi connectivity index (χ3v) is 4.62. The topological polar surface area (TPSA) is 110 Å². The summed E-state index contributed by atoms with van der Waals surface area (Å²) in [5.74, 6) is -1.99. The molecule has 7 nitrogen and oxygen atoms in total. The first-order valence-corrected chi connectivity index (χ1v) is 7.46. The first-order chi connectivity index (χ1) is 9.51. The van der Waals surface area contributed by atoms with Crippen molar-refractivity contribution in [1.29, 1.82) is 0 Å². The molecule has 0 saturated heterocycles. The highest BCUT2D eigenvalue weighted by Gasteiger charge is 2.33. The van der Waals surface area contributed by atoms with Gasteiger partial charge in [-0.2, -0.15) is 4.72 Å². The number of benzene rings is 1. The van der Waals surface area contributed by atoms with Gasteiger partial charge in [0.1, 0.15) is 5.54 Å². The zero-order chi connectivity index (χ0) is 16.4. The fraction of sp³-hybridized carbons (Fsp3) is 0.385. The van der Waals surface area contributed by atoms with Crippen LogP contribution in [-0.4, -0.2) is 38.1 Å². The third-order valence-electron chi connectivity index (χ3n) is 2.82. The van der Waals surface area contributed by atoms with Crippen LogP contribution in [0.15, 0.2) is 23.1 Å². The van der Waals surface area contributed by atoms with E-state index in [1.54, 1.807) is 6.92 Å². The number of carbonyl (C=O) groups excluding carboxylic acids is 1. The second-order valence-corrected chi connectivity index (χ2v) is 6.66. The van der Waals surface area contributed by atoms with Crippen LogP contribution in [0.5, 0.6) is 0 Å². The molecule has 116 valence electrons. The largest absolute Gasteiger partial charge is 0.480 e. The molecule has 0 spiro atoms. The Morgan fingerprint density at radius 2 is 1.86 bits per heavy atom. The van der Waals surface area contributed by atoms with Crippen LogP contribution in [-0.2, 0) is 19.6 Å². The van der Waals surface area contributed by atoms with Gasteiger partial charge in [0.25, 0.3) is 0 Å². The van der Waals surface area contributed by atoms with E-state index in [-0.39, 0.29) is 10.5 Å². The number of aryl methyl sites for hydroxylation is 1. The smallest absolute Gasteiger partial charge is 0.337 e. The first-order valence-electron chi connectivity index (χ1n) is 5.97. The summed E-state index contributed by atoms with van der Waals surface area (Å²) >= 11 is 0. The Balaban J connectivity index is 3.32. The normalized spacial score (nSPS) is 12.0. The maximum Gasteiger partial charge on any atom is 0.337 e. The number of carbonyl (C=O) groups is 2. The Hall–Kier alpha value is -1.93. The number of carboxylic acid groups (broad SMARTS) is 1. The van der Waals surface area contributed by atoms with Gasteiger partial charge in [0.15, 0.2) is 0 Å². The predicted octanol–water partition coefficient (Wildman–Crippen LogP) is 0.923. The second-order valence-electron chi connectivity index (χ2n) is 5.01. The quantitative estimate of drug-likeness (QED) is 0.782. The lowest BCUT2D eigenvalue weighted by molar-refractivity contribution is -0.142. The molecule has 0 aliphatic carbocycles. The van der Waals surface area contributed by atoms with Gasteiger partial charge in [0.2, 0.25) is 10.0 Å². The van der Waals surface area contributed by atoms with E-state index < -0.39 is 27.5 Å². The number of ether oxygens (including phenoxy) is 1. The van der Waals surface area contributed by atoms with E-state index in [1.807, 2.05) is 0 Å². The van der Waals surface area contributed by atoms with Crippen molar-refractivity contribution in [2.45, 2.75) is 31.2 Å². The van der Waals surface area contributed by atoms with Gasteiger partial charge in [0.05, 0.1) is 17.6 Å². The van der Waals surface area contributed by atoms with E-state index >= 15 is 0 Å². The predicted molar refractivity (Wildman–Crippen MR) is 74.6 cm³/mol. The van der Waals surface area contributed by atoms with Gasteiger partial charge in [-0.15, -0.1) is 0 Å². The maximum atomic E-state index is 12.3. The minimum Gasteiger partial charge on any atom is -0.480 e. The monoisotopic (exact) mass is 315 g/mol. The number of hydrogen-bond donors (Lipinski definition) is 2. The maximum absolute atomic E-state index is 12.3. The molecule has 1 aromatic carbocycles. The molecule has 0 radical (unpaired) electrons. The van der Waals surface area contributed by atoms with Crippen molar-refractivity contribution in [2.75, 3.05) is 7.11 Å². The van der Waals surface area contributed by atoms with Crippen LogP contribution in [0.1, 0.15) is 29.8 Å². The highest BCUT2D eigenvalue weighted by Crippen LogP contribution is 2.19. The molecular formula is C13H17NO6S. The van der Waals surface area contributed by atoms with Crippen LogP contribution in [0.25, 0.3) is 0 Å². The zero-order valence-electron chi connectivity index (χ0n) is 12.1. The number of aliphatic carboxylic acids is 1. The van der Waals surface area contributed by atoms with Crippen LogP contribution < -0.4 is 4.72 Å². The molecule has 0 amide bonds. The van der Waals surface area contributed by atoms with Crippen LogP contribution in [0.3, 0.4) is 0 Å². The number of esters is 1. The molecule has 0 fully saturated rings. The molecule has 8 heteroatoms. The van der Waals surface area contributed by atoms with Crippen LogP contribution >= 0.6 is 0 Å². The molecule has 0 aromatic heterocycles. The summed E-state index contributed by atoms with van der Waals surface area (Å²) in [5, 5.41) is 9.00. The number of hydrogen-bond acceptors (Lipinski definition) is 5. The fourth-order valence-corrected chi connectivity index (χ4v) is 3.21. The van der Waals surface area contributed by atoms with E-state index in [2.05, 4.69) is 9.46 Å². The van der Waals surface area contributed by atoms with Crippen molar-refractivity contribution in [2.24, 2.45) is 0 Å². The van der Waals surface area contributed by atoms with E-state index in [1.165, 1.54) is 33.1 Å². The SMILES string of the molecule is COC(=O)c1ccc(C)c(S(=O)(=O)NC(C)(C)C(=O)O)c1. The number of sulfonamides is 1. The van der Waals surface area contributed by atoms with Crippen molar-refractivity contribution in [3.8, 4) is 0 Å². The Morgan fingerprint density at radius 3 is 2.33 bits per heavy atom. The summed E-state index contributed by atoms with van der Waals surface area (Å²) in [6, 6.07) is 4.04. The summed E-state index contributed by atoms with van der Waals surface area (Å²) in [6.45, 7) is 4.00. The number of nitrogens with one attached hydrogen (secondary N) is 1. The zero-order valence-corrected chi connectivity index (χ0v) is 12.9. The van der Waals surface area contributed by atoms with Gasteiger partial charge >= 0.3 is 11.9 Å². The lowest BCUT2D eigenvalue weighted by Crippen LogP contribution is -2.49. The summed E-state index contributed by atoms with van der Waals surface area (Å²) in [6.07, 6.45) is 0. The van der Waals surface area contributed by atoms with Crippen LogP contribution in [0.4, 0.5) is 0 Å². The summed E-state index contributed by atoms with van der Waals surface area (Å²) in [4.78, 5) is 22.3. The Labute approximate surface area is 123 Å². The van der Waals surface area contributed by atoms with Crippen molar-refractivity contribution in [3.05, 3.63) is 29.3 Å².